The van der Waals surface area contributed by atoms with Gasteiger partial charge in [-0.3, -0.25) is 24.7 Å². The molecule has 109 heavy (non-hydrogen) atoms. The monoisotopic (exact) mass is 1550 g/mol. The van der Waals surface area contributed by atoms with Crippen LogP contribution in [0, 0.1) is 19.3 Å². The van der Waals surface area contributed by atoms with Gasteiger partial charge in [0.05, 0.1) is 81.8 Å². The number of aryl methyl sites for hydroxylation is 4. The average molecular weight is 1550 g/mol. The number of amides is 2. The number of aromatic nitrogens is 7. The molecule has 3 aliphatic heterocycles. The van der Waals surface area contributed by atoms with Crippen LogP contribution in [0.25, 0.3) is 11.1 Å². The van der Waals surface area contributed by atoms with E-state index in [-0.39, 0.29) is 51.1 Å². The van der Waals surface area contributed by atoms with E-state index in [0.717, 1.165) is 59.9 Å². The minimum absolute atomic E-state index is 0.0483. The second-order valence-electron chi connectivity index (χ2n) is 25.8. The standard InChI is InChI=1S/C23H32N2O4.C18H22FN5O8S.C18H17NO3.C16H17N3O5S/c1-7-16-13-15(3)14-17(8-2)18(16)19-20(26)24-9-11-28-12-10-25(24)21(19)29-22(27)23(4,5)6;1-10(19)16(32-14(25)9-29-2)15-11(6-5-7-20-15)33(27,28)24-18(26)23-17-21-12(30-3)8-13(22-17)31-4;1-2-21-17(20)16-13-18(22-19-16,14-9-5-3-6-10-14)15-11-7-4-8-12-15;1-9-10(15(20)11-8-17-19(2)16(11)21)4-5-13(25(3,22)23)14(9)12-6-7-24-18-12/h13-14H,7-12H2,1-6H3;5-8,10,16H,9H2,1-4H3,(H2,21,22,23,24,26);3-12H,2,13H2,1H3;4-5,8,21H,6-7H2,1-3H3. The lowest BCUT2D eigenvalue weighted by molar-refractivity contribution is -0.157. The molecule has 0 bridgehead atoms. The fourth-order valence-corrected chi connectivity index (χ4v) is 13.8. The van der Waals surface area contributed by atoms with Gasteiger partial charge < -0.3 is 47.9 Å². The molecule has 4 aromatic carbocycles. The van der Waals surface area contributed by atoms with Crippen LogP contribution in [0.1, 0.15) is 128 Å². The first-order valence-electron chi connectivity index (χ1n) is 34.4. The minimum Gasteiger partial charge on any atom is -0.493 e. The number of carbonyl (C=O) groups excluding carboxylic acids is 5. The van der Waals surface area contributed by atoms with Gasteiger partial charge in [0.25, 0.3) is 15.6 Å². The van der Waals surface area contributed by atoms with E-state index >= 15 is 0 Å². The molecule has 2 atom stereocenters. The third kappa shape index (κ3) is 19.9. The number of urea groups is 1. The number of sulfone groups is 1. The molecule has 0 fully saturated rings. The fourth-order valence-electron chi connectivity index (χ4n) is 11.7. The smallest absolute Gasteiger partial charge is 0.356 e. The van der Waals surface area contributed by atoms with E-state index in [1.54, 1.807) is 27.9 Å². The van der Waals surface area contributed by atoms with Crippen LogP contribution in [0.15, 0.2) is 140 Å². The molecule has 31 nitrogen and oxygen atoms in total. The van der Waals surface area contributed by atoms with Gasteiger partial charge in [-0.2, -0.15) is 15.1 Å². The topological polar surface area (TPSA) is 389 Å². The van der Waals surface area contributed by atoms with Crippen molar-refractivity contribution in [1.29, 1.82) is 0 Å². The molecule has 2 amide bonds. The lowest BCUT2D eigenvalue weighted by Crippen LogP contribution is -2.36. The van der Waals surface area contributed by atoms with Gasteiger partial charge in [0.1, 0.15) is 41.1 Å². The molecule has 0 spiro atoms. The summed E-state index contributed by atoms with van der Waals surface area (Å²) in [7, 11) is -2.73. The number of alkyl halides is 1. The Hall–Kier alpha value is -11.2. The van der Waals surface area contributed by atoms with Crippen LogP contribution in [0.4, 0.5) is 15.1 Å². The Morgan fingerprint density at radius 3 is 1.91 bits per heavy atom. The van der Waals surface area contributed by atoms with E-state index in [1.165, 1.54) is 75.3 Å². The van der Waals surface area contributed by atoms with Crippen LogP contribution in [-0.4, -0.2) is 164 Å². The van der Waals surface area contributed by atoms with Crippen LogP contribution in [0.5, 0.6) is 23.5 Å². The number of anilines is 1. The van der Waals surface area contributed by atoms with E-state index in [9.17, 15) is 55.1 Å². The predicted molar refractivity (Wildman–Crippen MR) is 397 cm³/mol. The van der Waals surface area contributed by atoms with Crippen molar-refractivity contribution in [3.63, 3.8) is 0 Å². The molecule has 3 N–H and O–H groups in total. The number of benzene rings is 4. The van der Waals surface area contributed by atoms with Crippen molar-refractivity contribution in [2.45, 2.75) is 129 Å². The maximum atomic E-state index is 14.2. The number of fused-ring (bicyclic) bond motifs is 1. The van der Waals surface area contributed by atoms with Gasteiger partial charge in [-0.05, 0) is 108 Å². The zero-order valence-electron chi connectivity index (χ0n) is 62.8. The van der Waals surface area contributed by atoms with Crippen molar-refractivity contribution in [3.8, 4) is 34.6 Å². The van der Waals surface area contributed by atoms with Crippen LogP contribution in [0.2, 0.25) is 0 Å². The highest BCUT2D eigenvalue weighted by Crippen LogP contribution is 2.42. The summed E-state index contributed by atoms with van der Waals surface area (Å²) in [6, 6.07) is 29.1. The van der Waals surface area contributed by atoms with Gasteiger partial charge >= 0.3 is 23.9 Å². The summed E-state index contributed by atoms with van der Waals surface area (Å²) in [5, 5.41) is 23.9. The van der Waals surface area contributed by atoms with Crippen LogP contribution in [0.3, 0.4) is 0 Å². The second kappa shape index (κ2) is 36.6. The Bertz CT molecular complexity index is 4910. The molecule has 2 unspecified atom stereocenters. The highest BCUT2D eigenvalue weighted by molar-refractivity contribution is 7.91. The number of rotatable bonds is 22. The van der Waals surface area contributed by atoms with Crippen LogP contribution >= 0.6 is 0 Å². The van der Waals surface area contributed by atoms with Gasteiger partial charge in [0.2, 0.25) is 29.5 Å². The lowest BCUT2D eigenvalue weighted by Gasteiger charge is -2.27. The Balaban J connectivity index is 0.000000185. The molecule has 0 aliphatic carbocycles. The molecular formula is C75H88FN11O20S2. The molecular weight excluding hydrogens is 1460 g/mol. The van der Waals surface area contributed by atoms with Crippen molar-refractivity contribution in [2.24, 2.45) is 22.8 Å². The minimum atomic E-state index is -4.60. The van der Waals surface area contributed by atoms with E-state index in [1.807, 2.05) is 81.4 Å². The molecule has 3 aliphatic rings. The quantitative estimate of drug-likeness (QED) is 0.0420. The van der Waals surface area contributed by atoms with Gasteiger partial charge in [-0.25, -0.2) is 54.4 Å². The number of ketones is 1. The largest absolute Gasteiger partial charge is 0.493 e. The number of pyridine rings is 1. The van der Waals surface area contributed by atoms with Crippen LogP contribution in [-0.2, 0) is 101 Å². The second-order valence-corrected chi connectivity index (χ2v) is 29.5. The Morgan fingerprint density at radius 2 is 1.39 bits per heavy atom. The van der Waals surface area contributed by atoms with E-state index in [2.05, 4.69) is 73.3 Å². The Kier molecular flexibility index (Phi) is 28.0. The number of hydrogen-bond donors (Lipinski definition) is 3. The van der Waals surface area contributed by atoms with Crippen LogP contribution < -0.4 is 29.8 Å². The van der Waals surface area contributed by atoms with E-state index in [0.29, 0.717) is 86.4 Å². The Morgan fingerprint density at radius 1 is 0.771 bits per heavy atom. The van der Waals surface area contributed by atoms with Crippen molar-refractivity contribution >= 4 is 67.0 Å². The van der Waals surface area contributed by atoms with E-state index in [4.69, 9.17) is 38.1 Å². The zero-order chi connectivity index (χ0) is 79.7. The molecule has 0 saturated heterocycles. The number of hydrogen-bond acceptors (Lipinski definition) is 26. The molecule has 34 heteroatoms. The first-order chi connectivity index (χ1) is 51.8. The van der Waals surface area contributed by atoms with Crippen molar-refractivity contribution in [1.82, 2.24) is 38.8 Å². The van der Waals surface area contributed by atoms with E-state index < -0.39 is 84.1 Å². The lowest BCUT2D eigenvalue weighted by atomic mass is 9.82. The zero-order valence-corrected chi connectivity index (χ0v) is 64.5. The van der Waals surface area contributed by atoms with Gasteiger partial charge in [-0.15, -0.1) is 0 Å². The summed E-state index contributed by atoms with van der Waals surface area (Å²) >= 11 is 0. The van der Waals surface area contributed by atoms with Gasteiger partial charge in [0, 0.05) is 55.3 Å². The van der Waals surface area contributed by atoms with Crippen molar-refractivity contribution in [2.75, 3.05) is 65.9 Å². The number of aromatic hydroxyl groups is 1. The summed E-state index contributed by atoms with van der Waals surface area (Å²) in [6.45, 7) is 18.2. The first-order valence-corrected chi connectivity index (χ1v) is 37.8. The number of halogens is 1. The molecule has 0 radical (unpaired) electrons. The number of esters is 3. The summed E-state index contributed by atoms with van der Waals surface area (Å²) in [5.74, 6) is -2.27. The number of methoxy groups -OCH3 is 3. The maximum Gasteiger partial charge on any atom is 0.356 e. The molecule has 11 rings (SSSR count). The first kappa shape index (κ1) is 83.4. The SMILES string of the molecule is CCOC(=O)C1=NOC(c2ccccc2)(c2ccccc2)C1.CCc1cc(C)cc(CC)c1-c1c(OC(=O)C(C)(C)C)n2n(c1=O)CCOCC2.COCC(=O)OC(c1ncccc1S(=O)(=O)NC(=O)Nc1nc(OC)cc(OC)n1)C(C)F.Cc1c(C(=O)c2cnn(C)c2O)ccc(S(C)(=O)=O)c1C1=NOCC1. The average Bonchev–Trinajstić information content (AvgIpc) is 1.62. The normalized spacial score (nSPS) is 14.2. The fraction of sp³-hybridized carbons (Fsp3) is 0.387. The number of carbonyl (C=O) groups is 5. The molecule has 8 aromatic rings. The highest BCUT2D eigenvalue weighted by atomic mass is 32.2. The van der Waals surface area contributed by atoms with Gasteiger partial charge in [-0.1, -0.05) is 103 Å². The molecule has 4 aromatic heterocycles. The molecule has 582 valence electrons. The number of nitrogens with zero attached hydrogens (tertiary/aromatic N) is 9. The summed E-state index contributed by atoms with van der Waals surface area (Å²) < 4.78 is 107. The van der Waals surface area contributed by atoms with Crippen molar-refractivity contribution in [3.05, 3.63) is 182 Å². The third-order valence-electron chi connectivity index (χ3n) is 17.0. The van der Waals surface area contributed by atoms with Crippen molar-refractivity contribution < 1.29 is 93.1 Å². The predicted octanol–water partition coefficient (Wildman–Crippen LogP) is 9.18. The molecule has 0 saturated carbocycles. The summed E-state index contributed by atoms with van der Waals surface area (Å²) in [5.41, 5.74) is 6.70. The Labute approximate surface area is 629 Å². The number of nitrogens with one attached hydrogen (secondary N) is 2. The summed E-state index contributed by atoms with van der Waals surface area (Å²) in [4.78, 5) is 97.0. The number of sulfonamides is 1. The number of oxime groups is 2. The van der Waals surface area contributed by atoms with Gasteiger partial charge in [0.15, 0.2) is 33.0 Å². The maximum absolute atomic E-state index is 14.2. The molecule has 7 heterocycles. The highest BCUT2D eigenvalue weighted by Gasteiger charge is 2.45. The number of ether oxygens (including phenoxy) is 7. The third-order valence-corrected chi connectivity index (χ3v) is 19.5. The summed E-state index contributed by atoms with van der Waals surface area (Å²) in [6.07, 6.45) is 2.47.